The Kier molecular flexibility index (Phi) is 4.68. The highest BCUT2D eigenvalue weighted by Crippen LogP contribution is 2.33. The number of nitrogens with zero attached hydrogens (tertiary/aromatic N) is 1. The molecule has 0 saturated carbocycles. The van der Waals surface area contributed by atoms with Gasteiger partial charge in [0.25, 0.3) is 0 Å². The van der Waals surface area contributed by atoms with Gasteiger partial charge in [-0.3, -0.25) is 10.1 Å². The van der Waals surface area contributed by atoms with Crippen LogP contribution in [0.3, 0.4) is 0 Å². The molecule has 0 radical (unpaired) electrons. The molecule has 1 amide bonds. The van der Waals surface area contributed by atoms with Crippen molar-refractivity contribution in [3.63, 3.8) is 0 Å². The molecule has 2 aliphatic rings. The number of thioether (sulfide) groups is 1. The normalized spacial score (nSPS) is 30.4. The quantitative estimate of drug-likeness (QED) is 0.906. The largest absolute Gasteiger partial charge is 0.320 e. The summed E-state index contributed by atoms with van der Waals surface area (Å²) in [4.78, 5) is 14.7. The van der Waals surface area contributed by atoms with E-state index in [0.29, 0.717) is 11.2 Å². The van der Waals surface area contributed by atoms with Gasteiger partial charge in [0.05, 0.1) is 6.04 Å². The van der Waals surface area contributed by atoms with Crippen molar-refractivity contribution in [3.05, 3.63) is 22.4 Å². The van der Waals surface area contributed by atoms with Crippen LogP contribution in [-0.2, 0) is 4.79 Å². The van der Waals surface area contributed by atoms with Crippen LogP contribution in [0.1, 0.15) is 44.3 Å². The van der Waals surface area contributed by atoms with Gasteiger partial charge in [-0.05, 0) is 47.4 Å². The second kappa shape index (κ2) is 6.50. The van der Waals surface area contributed by atoms with Gasteiger partial charge in [0.1, 0.15) is 6.17 Å². The molecule has 3 rings (SSSR count). The molecule has 1 aromatic heterocycles. The van der Waals surface area contributed by atoms with Crippen molar-refractivity contribution >= 4 is 29.0 Å². The van der Waals surface area contributed by atoms with Gasteiger partial charge in [0.2, 0.25) is 5.91 Å². The number of thiophene rings is 1. The van der Waals surface area contributed by atoms with Crippen molar-refractivity contribution in [3.8, 4) is 0 Å². The van der Waals surface area contributed by atoms with Crippen LogP contribution in [0.2, 0.25) is 0 Å². The fourth-order valence-electron chi connectivity index (χ4n) is 3.08. The van der Waals surface area contributed by atoms with Crippen LogP contribution in [0.5, 0.6) is 0 Å². The van der Waals surface area contributed by atoms with Crippen LogP contribution in [0.25, 0.3) is 0 Å². The van der Waals surface area contributed by atoms with Gasteiger partial charge in [-0.25, -0.2) is 0 Å². The Bertz CT molecular complexity index is 443. The molecule has 3 heterocycles. The van der Waals surface area contributed by atoms with Gasteiger partial charge in [-0.1, -0.05) is 13.3 Å². The molecule has 1 N–H and O–H groups in total. The number of hydrogen-bond acceptors (Lipinski definition) is 4. The van der Waals surface area contributed by atoms with E-state index in [-0.39, 0.29) is 12.2 Å². The third-order valence-corrected chi connectivity index (χ3v) is 6.19. The Balaban J connectivity index is 1.76. The second-order valence-electron chi connectivity index (χ2n) is 5.59. The maximum atomic E-state index is 12.6. The van der Waals surface area contributed by atoms with Gasteiger partial charge in [-0.15, -0.1) is 0 Å². The van der Waals surface area contributed by atoms with Crippen molar-refractivity contribution in [2.45, 2.75) is 50.1 Å². The highest BCUT2D eigenvalue weighted by atomic mass is 32.2. The SMILES string of the molecule is CCCC1NC(c2ccsc2)N(CC2CCCS2)C1=O. The van der Waals surface area contributed by atoms with E-state index in [1.54, 1.807) is 11.3 Å². The topological polar surface area (TPSA) is 32.3 Å². The van der Waals surface area contributed by atoms with Gasteiger partial charge in [-0.2, -0.15) is 23.1 Å². The molecular formula is C15H22N2OS2. The van der Waals surface area contributed by atoms with Crippen molar-refractivity contribution in [1.29, 1.82) is 0 Å². The van der Waals surface area contributed by atoms with Crippen molar-refractivity contribution in [2.75, 3.05) is 12.3 Å². The molecule has 110 valence electrons. The van der Waals surface area contributed by atoms with Crippen LogP contribution in [-0.4, -0.2) is 34.4 Å². The molecule has 0 bridgehead atoms. The molecule has 3 atom stereocenters. The van der Waals surface area contributed by atoms with Crippen LogP contribution >= 0.6 is 23.1 Å². The van der Waals surface area contributed by atoms with E-state index in [4.69, 9.17) is 0 Å². The number of amides is 1. The third kappa shape index (κ3) is 2.90. The van der Waals surface area contributed by atoms with Crippen LogP contribution in [0.4, 0.5) is 0 Å². The standard InChI is InChI=1S/C15H22N2OS2/c1-2-4-13-15(18)17(9-12-5-3-7-20-12)14(16-13)11-6-8-19-10-11/h6,8,10,12-14,16H,2-5,7,9H2,1H3. The van der Waals surface area contributed by atoms with E-state index < -0.39 is 0 Å². The summed E-state index contributed by atoms with van der Waals surface area (Å²) in [5.74, 6) is 1.55. The summed E-state index contributed by atoms with van der Waals surface area (Å²) >= 11 is 3.73. The lowest BCUT2D eigenvalue weighted by atomic mass is 10.1. The van der Waals surface area contributed by atoms with E-state index in [2.05, 4.69) is 34.0 Å². The lowest BCUT2D eigenvalue weighted by molar-refractivity contribution is -0.130. The minimum atomic E-state index is 0.0105. The van der Waals surface area contributed by atoms with E-state index in [9.17, 15) is 4.79 Å². The first-order valence-corrected chi connectivity index (χ1v) is 9.49. The Morgan fingerprint density at radius 2 is 2.40 bits per heavy atom. The van der Waals surface area contributed by atoms with E-state index in [1.165, 1.54) is 24.2 Å². The van der Waals surface area contributed by atoms with Crippen LogP contribution in [0, 0.1) is 0 Å². The summed E-state index contributed by atoms with van der Waals surface area (Å²) in [6, 6.07) is 2.15. The minimum absolute atomic E-state index is 0.0105. The molecule has 0 aliphatic carbocycles. The molecule has 0 spiro atoms. The summed E-state index contributed by atoms with van der Waals surface area (Å²) in [6.45, 7) is 3.04. The molecule has 5 heteroatoms. The first kappa shape index (κ1) is 14.4. The Hall–Kier alpha value is -0.520. The van der Waals surface area contributed by atoms with Gasteiger partial charge < -0.3 is 4.90 Å². The summed E-state index contributed by atoms with van der Waals surface area (Å²) in [6.07, 6.45) is 4.63. The van der Waals surface area contributed by atoms with E-state index in [1.807, 2.05) is 11.8 Å². The lowest BCUT2D eigenvalue weighted by Gasteiger charge is -2.26. The fraction of sp³-hybridized carbons (Fsp3) is 0.667. The number of rotatable bonds is 5. The zero-order valence-electron chi connectivity index (χ0n) is 11.9. The number of nitrogens with one attached hydrogen (secondary N) is 1. The van der Waals surface area contributed by atoms with E-state index in [0.717, 1.165) is 19.4 Å². The monoisotopic (exact) mass is 310 g/mol. The predicted molar refractivity (Wildman–Crippen MR) is 86.1 cm³/mol. The molecule has 3 unspecified atom stereocenters. The second-order valence-corrected chi connectivity index (χ2v) is 7.78. The fourth-order valence-corrected chi connectivity index (χ4v) is 5.03. The van der Waals surface area contributed by atoms with Gasteiger partial charge >= 0.3 is 0 Å². The Labute approximate surface area is 129 Å². The first-order chi connectivity index (χ1) is 9.79. The summed E-state index contributed by atoms with van der Waals surface area (Å²) < 4.78 is 0. The Morgan fingerprint density at radius 3 is 3.05 bits per heavy atom. The van der Waals surface area contributed by atoms with E-state index >= 15 is 0 Å². The maximum absolute atomic E-state index is 12.6. The number of carbonyl (C=O) groups excluding carboxylic acids is 1. The molecule has 2 fully saturated rings. The third-order valence-electron chi connectivity index (χ3n) is 4.11. The van der Waals surface area contributed by atoms with Crippen molar-refractivity contribution in [2.24, 2.45) is 0 Å². The van der Waals surface area contributed by atoms with Crippen molar-refractivity contribution in [1.82, 2.24) is 10.2 Å². The highest BCUT2D eigenvalue weighted by Gasteiger charge is 2.40. The number of carbonyl (C=O) groups is 1. The Morgan fingerprint density at radius 1 is 1.50 bits per heavy atom. The molecule has 3 nitrogen and oxygen atoms in total. The predicted octanol–water partition coefficient (Wildman–Crippen LogP) is 3.24. The summed E-state index contributed by atoms with van der Waals surface area (Å²) in [5, 5.41) is 8.42. The maximum Gasteiger partial charge on any atom is 0.241 e. The molecule has 2 saturated heterocycles. The van der Waals surface area contributed by atoms with Gasteiger partial charge in [0, 0.05) is 11.8 Å². The minimum Gasteiger partial charge on any atom is -0.320 e. The molecular weight excluding hydrogens is 288 g/mol. The van der Waals surface area contributed by atoms with Crippen LogP contribution < -0.4 is 5.32 Å². The summed E-state index contributed by atoms with van der Waals surface area (Å²) in [5.41, 5.74) is 1.24. The van der Waals surface area contributed by atoms with Crippen LogP contribution in [0.15, 0.2) is 16.8 Å². The average molecular weight is 310 g/mol. The molecule has 0 aromatic carbocycles. The van der Waals surface area contributed by atoms with Crippen molar-refractivity contribution < 1.29 is 4.79 Å². The molecule has 2 aliphatic heterocycles. The van der Waals surface area contributed by atoms with Gasteiger partial charge in [0.15, 0.2) is 0 Å². The molecule has 1 aromatic rings. The smallest absolute Gasteiger partial charge is 0.241 e. The molecule has 20 heavy (non-hydrogen) atoms. The zero-order chi connectivity index (χ0) is 13.9. The zero-order valence-corrected chi connectivity index (χ0v) is 13.5. The summed E-state index contributed by atoms with van der Waals surface area (Å²) in [7, 11) is 0. The average Bonchev–Trinajstić information content (AvgIpc) is 3.16. The first-order valence-electron chi connectivity index (χ1n) is 7.50. The lowest BCUT2D eigenvalue weighted by Crippen LogP contribution is -2.35. The highest BCUT2D eigenvalue weighted by molar-refractivity contribution is 8.00. The number of hydrogen-bond donors (Lipinski definition) is 1.